The van der Waals surface area contributed by atoms with Crippen molar-refractivity contribution in [3.8, 4) is 0 Å². The van der Waals surface area contributed by atoms with Crippen LogP contribution in [0.4, 0.5) is 11.4 Å². The summed E-state index contributed by atoms with van der Waals surface area (Å²) in [5.74, 6) is 0.0714. The molecule has 0 fully saturated rings. The van der Waals surface area contributed by atoms with E-state index in [1.807, 2.05) is 36.7 Å². The number of nitro benzene ring substituents is 1. The van der Waals surface area contributed by atoms with Gasteiger partial charge in [-0.3, -0.25) is 29.2 Å². The highest BCUT2D eigenvalue weighted by atomic mass is 32.2. The number of aldehydes is 1. The van der Waals surface area contributed by atoms with Crippen LogP contribution in [0.3, 0.4) is 0 Å². The van der Waals surface area contributed by atoms with Gasteiger partial charge in [-0.15, -0.1) is 0 Å². The summed E-state index contributed by atoms with van der Waals surface area (Å²) in [4.78, 5) is 31.7. The maximum atomic E-state index is 11.4. The van der Waals surface area contributed by atoms with E-state index < -0.39 is 15.7 Å². The number of anilines is 1. The highest BCUT2D eigenvalue weighted by Gasteiger charge is 2.12. The molecule has 11 heteroatoms. The Morgan fingerprint density at radius 3 is 2.14 bits per heavy atom. The molecule has 0 spiro atoms. The average Bonchev–Trinajstić information content (AvgIpc) is 2.90. The molecule has 2 aromatic heterocycles. The quantitative estimate of drug-likeness (QED) is 0.105. The number of unbranched alkanes of at least 4 members (excludes halogenated alkanes) is 3. The van der Waals surface area contributed by atoms with Crippen LogP contribution in [0.2, 0.25) is 0 Å². The predicted octanol–water partition coefficient (Wildman–Crippen LogP) is 3.52. The fraction of sp³-hybridized carbons (Fsp3) is 0.346. The summed E-state index contributed by atoms with van der Waals surface area (Å²) >= 11 is 0. The van der Waals surface area contributed by atoms with Gasteiger partial charge in [-0.05, 0) is 49.7 Å². The number of rotatable bonds is 14. The van der Waals surface area contributed by atoms with Gasteiger partial charge in [-0.2, -0.15) is 0 Å². The van der Waals surface area contributed by atoms with Crippen molar-refractivity contribution in [2.75, 3.05) is 24.6 Å². The molecule has 3 N–H and O–H groups in total. The van der Waals surface area contributed by atoms with Gasteiger partial charge >= 0.3 is 0 Å². The van der Waals surface area contributed by atoms with Gasteiger partial charge < -0.3 is 15.6 Å². The second-order valence-corrected chi connectivity index (χ2v) is 9.66. The maximum Gasteiger partial charge on any atom is 0.271 e. The maximum absolute atomic E-state index is 11.4. The summed E-state index contributed by atoms with van der Waals surface area (Å²) in [5, 5.41) is 19.0. The van der Waals surface area contributed by atoms with Crippen molar-refractivity contribution in [2.45, 2.75) is 43.7 Å². The molecule has 0 aliphatic rings. The Bertz CT molecular complexity index is 1080. The van der Waals surface area contributed by atoms with E-state index in [1.54, 1.807) is 0 Å². The van der Waals surface area contributed by atoms with Crippen molar-refractivity contribution >= 4 is 28.5 Å². The molecule has 0 bridgehead atoms. The Morgan fingerprint density at radius 1 is 1.00 bits per heavy atom. The number of hydrogen-bond acceptors (Lipinski definition) is 9. The van der Waals surface area contributed by atoms with Gasteiger partial charge in [-0.1, -0.05) is 18.6 Å². The van der Waals surface area contributed by atoms with Crippen LogP contribution in [0.15, 0.2) is 71.9 Å². The van der Waals surface area contributed by atoms with Crippen LogP contribution in [-0.4, -0.2) is 54.3 Å². The molecule has 0 saturated carbocycles. The van der Waals surface area contributed by atoms with E-state index in [1.165, 1.54) is 12.1 Å². The molecule has 0 amide bonds. The summed E-state index contributed by atoms with van der Waals surface area (Å²) in [6, 6.07) is 15.8. The van der Waals surface area contributed by atoms with Crippen LogP contribution in [-0.2, 0) is 28.7 Å². The Kier molecular flexibility index (Phi) is 13.6. The number of hydrogen-bond donors (Lipinski definition) is 2. The number of nitrogens with zero attached hydrogens (tertiary/aromatic N) is 4. The van der Waals surface area contributed by atoms with E-state index >= 15 is 0 Å². The molecule has 1 aromatic carbocycles. The lowest BCUT2D eigenvalue weighted by Gasteiger charge is -2.21. The highest BCUT2D eigenvalue weighted by molar-refractivity contribution is 7.85. The third-order valence-electron chi connectivity index (χ3n) is 5.25. The number of aliphatic hydroxyl groups is 1. The fourth-order valence-corrected chi connectivity index (χ4v) is 4.37. The number of nitrogens with two attached hydrogens (primary N) is 1. The standard InChI is InChI=1S/C18H23N3O.C8H10N2O4S/c22-14-8-2-1-7-13-21(15-17-9-3-5-11-19-17)16-18-10-4-6-12-20-18;9-7-5-6(10(12)13)1-2-8(7)15(14)4-3-11/h3-6,9-12,14H,1-2,7-8,13,15-16H2;1-2,5,11H,3-4,9H2. The molecule has 0 radical (unpaired) electrons. The molecule has 1 unspecified atom stereocenters. The van der Waals surface area contributed by atoms with Crippen molar-refractivity contribution < 1.29 is 19.0 Å². The lowest BCUT2D eigenvalue weighted by atomic mass is 10.2. The summed E-state index contributed by atoms with van der Waals surface area (Å²) in [7, 11) is -1.41. The van der Waals surface area contributed by atoms with Crippen LogP contribution in [0, 0.1) is 10.1 Å². The van der Waals surface area contributed by atoms with Crippen LogP contribution < -0.4 is 5.73 Å². The van der Waals surface area contributed by atoms with Gasteiger partial charge in [0.2, 0.25) is 0 Å². The van der Waals surface area contributed by atoms with Gasteiger partial charge in [-0.25, -0.2) is 0 Å². The first-order valence-electron chi connectivity index (χ1n) is 11.9. The van der Waals surface area contributed by atoms with Crippen LogP contribution in [0.1, 0.15) is 37.1 Å². The molecule has 198 valence electrons. The van der Waals surface area contributed by atoms with Gasteiger partial charge in [0.1, 0.15) is 6.29 Å². The number of carbonyl (C=O) groups is 1. The molecule has 1 atom stereocenters. The summed E-state index contributed by atoms with van der Waals surface area (Å²) in [6.07, 6.45) is 8.48. The number of aromatic nitrogens is 2. The minimum atomic E-state index is -1.41. The van der Waals surface area contributed by atoms with Crippen LogP contribution in [0.25, 0.3) is 0 Å². The zero-order chi connectivity index (χ0) is 26.9. The van der Waals surface area contributed by atoms with Crippen molar-refractivity contribution in [1.29, 1.82) is 0 Å². The van der Waals surface area contributed by atoms with Crippen LogP contribution in [0.5, 0.6) is 0 Å². The van der Waals surface area contributed by atoms with Crippen molar-refractivity contribution in [2.24, 2.45) is 0 Å². The van der Waals surface area contributed by atoms with Gasteiger partial charge in [0.05, 0.1) is 50.1 Å². The number of carbonyl (C=O) groups excluding carboxylic acids is 1. The Labute approximate surface area is 219 Å². The van der Waals surface area contributed by atoms with E-state index in [2.05, 4.69) is 27.0 Å². The molecule has 0 saturated heterocycles. The molecule has 0 aliphatic heterocycles. The number of pyridine rings is 2. The van der Waals surface area contributed by atoms with Crippen molar-refractivity contribution in [1.82, 2.24) is 14.9 Å². The third-order valence-corrected chi connectivity index (χ3v) is 6.66. The average molecular weight is 528 g/mol. The van der Waals surface area contributed by atoms with Crippen molar-refractivity contribution in [3.05, 3.63) is 88.5 Å². The number of nitrogen functional groups attached to an aromatic ring is 1. The number of benzene rings is 1. The third kappa shape index (κ3) is 11.4. The van der Waals surface area contributed by atoms with Gasteiger partial charge in [0, 0.05) is 44.0 Å². The Balaban J connectivity index is 0.000000281. The lowest BCUT2D eigenvalue weighted by Crippen LogP contribution is -2.25. The number of nitro groups is 1. The second kappa shape index (κ2) is 17.0. The molecular formula is C26H33N5O5S. The minimum absolute atomic E-state index is 0.0714. The molecular weight excluding hydrogens is 494 g/mol. The summed E-state index contributed by atoms with van der Waals surface area (Å²) in [6.45, 7) is 2.42. The second-order valence-electron chi connectivity index (χ2n) is 8.12. The summed E-state index contributed by atoms with van der Waals surface area (Å²) < 4.78 is 11.4. The van der Waals surface area contributed by atoms with E-state index in [0.717, 1.165) is 62.6 Å². The molecule has 37 heavy (non-hydrogen) atoms. The topological polar surface area (TPSA) is 153 Å². The molecule has 2 heterocycles. The molecule has 3 aromatic rings. The first kappa shape index (κ1) is 29.7. The normalized spacial score (nSPS) is 11.4. The fourth-order valence-electron chi connectivity index (χ4n) is 3.45. The first-order chi connectivity index (χ1) is 17.9. The summed E-state index contributed by atoms with van der Waals surface area (Å²) in [5.41, 5.74) is 7.63. The van der Waals surface area contributed by atoms with E-state index in [9.17, 15) is 19.1 Å². The Morgan fingerprint density at radius 2 is 1.65 bits per heavy atom. The zero-order valence-corrected chi connectivity index (χ0v) is 21.5. The Hall–Kier alpha value is -3.54. The minimum Gasteiger partial charge on any atom is -0.398 e. The first-order valence-corrected chi connectivity index (χ1v) is 13.3. The van der Waals surface area contributed by atoms with Gasteiger partial charge in [0.15, 0.2) is 0 Å². The number of non-ortho nitro benzene ring substituents is 1. The van der Waals surface area contributed by atoms with Crippen LogP contribution >= 0.6 is 0 Å². The SMILES string of the molecule is Nc1cc([N+](=O)[O-])ccc1S(=O)CCO.O=CCCCCCN(Cc1ccccn1)Cc1ccccn1. The largest absolute Gasteiger partial charge is 0.398 e. The predicted molar refractivity (Wildman–Crippen MR) is 143 cm³/mol. The lowest BCUT2D eigenvalue weighted by molar-refractivity contribution is -0.384. The highest BCUT2D eigenvalue weighted by Crippen LogP contribution is 2.22. The van der Waals surface area contributed by atoms with E-state index in [-0.39, 0.29) is 23.7 Å². The smallest absolute Gasteiger partial charge is 0.271 e. The van der Waals surface area contributed by atoms with E-state index in [0.29, 0.717) is 11.3 Å². The zero-order valence-electron chi connectivity index (χ0n) is 20.6. The van der Waals surface area contributed by atoms with E-state index in [4.69, 9.17) is 10.8 Å². The van der Waals surface area contributed by atoms with Crippen molar-refractivity contribution in [3.63, 3.8) is 0 Å². The molecule has 10 nitrogen and oxygen atoms in total. The molecule has 0 aliphatic carbocycles. The monoisotopic (exact) mass is 527 g/mol. The molecule has 3 rings (SSSR count). The number of aliphatic hydroxyl groups excluding tert-OH is 1. The van der Waals surface area contributed by atoms with Gasteiger partial charge in [0.25, 0.3) is 5.69 Å².